The van der Waals surface area contributed by atoms with Crippen LogP contribution in [0.5, 0.6) is 0 Å². The third kappa shape index (κ3) is 33.9. The highest BCUT2D eigenvalue weighted by atomic mass is 16.6. The molecule has 0 spiro atoms. The maximum absolute atomic E-state index is 11.3. The Bertz CT molecular complexity index is 707. The molecule has 0 aromatic rings. The fourth-order valence-corrected chi connectivity index (χ4v) is 4.13. The Hall–Kier alpha value is -2.60. The topological polar surface area (TPSA) is 175 Å². The maximum atomic E-state index is 11.3. The summed E-state index contributed by atoms with van der Waals surface area (Å²) in [6, 6.07) is 0. The third-order valence-electron chi connectivity index (χ3n) is 6.44. The van der Waals surface area contributed by atoms with E-state index in [4.69, 9.17) is 19.7 Å². The number of aliphatic carboxylic acids is 2. The normalized spacial score (nSPS) is 15.5. The molecule has 0 saturated carbocycles. The molecule has 2 heterocycles. The molecule has 0 aliphatic carbocycles. The molecule has 260 valence electrons. The first kappa shape index (κ1) is 43.5. The van der Waals surface area contributed by atoms with Gasteiger partial charge in [-0.05, 0) is 112 Å². The standard InChI is InChI=1S/C13H26N2O4.C13H26N2.2C3H6O2/c1-12(2,3)18-10(16)14-8-7-9-15-11(17)19-13(4,5)6;1(2-12-4-8-14-9-5-12)3-13-6-10-15-11-7-13;2*1-2-3(4)5/h7-9H2,1-6H3,(H,14,16)(H,15,17);12-15H,1-11H2;2*2H2,1H3,(H,4,5). The van der Waals surface area contributed by atoms with Crippen molar-refractivity contribution in [1.82, 2.24) is 21.3 Å². The number of amides is 2. The fraction of sp³-hybridized carbons (Fsp3) is 0.875. The van der Waals surface area contributed by atoms with E-state index in [1.165, 1.54) is 71.1 Å². The second-order valence-corrected chi connectivity index (χ2v) is 13.0. The summed E-state index contributed by atoms with van der Waals surface area (Å²) in [6.45, 7) is 19.9. The zero-order chi connectivity index (χ0) is 34.0. The second kappa shape index (κ2) is 25.7. The summed E-state index contributed by atoms with van der Waals surface area (Å²) in [6.07, 6.45) is 10.3. The minimum absolute atomic E-state index is 0.222. The van der Waals surface area contributed by atoms with Crippen molar-refractivity contribution in [3.05, 3.63) is 0 Å². The van der Waals surface area contributed by atoms with E-state index in [1.807, 2.05) is 0 Å². The molecule has 0 aromatic carbocycles. The van der Waals surface area contributed by atoms with E-state index in [-0.39, 0.29) is 12.8 Å². The van der Waals surface area contributed by atoms with E-state index in [0.717, 1.165) is 11.8 Å². The average molecular weight is 633 g/mol. The number of rotatable bonds is 10. The summed E-state index contributed by atoms with van der Waals surface area (Å²) >= 11 is 0. The van der Waals surface area contributed by atoms with Crippen molar-refractivity contribution < 1.29 is 38.9 Å². The van der Waals surface area contributed by atoms with Crippen molar-refractivity contribution in [1.29, 1.82) is 0 Å². The number of carboxylic acid groups (broad SMARTS) is 2. The molecule has 0 radical (unpaired) electrons. The first-order valence-corrected chi connectivity index (χ1v) is 16.3. The van der Waals surface area contributed by atoms with Crippen LogP contribution in [0.25, 0.3) is 0 Å². The van der Waals surface area contributed by atoms with Crippen molar-refractivity contribution in [2.75, 3.05) is 39.3 Å². The summed E-state index contributed by atoms with van der Waals surface area (Å²) in [4.78, 5) is 41.3. The van der Waals surface area contributed by atoms with Gasteiger partial charge in [-0.3, -0.25) is 9.59 Å². The lowest BCUT2D eigenvalue weighted by molar-refractivity contribution is -0.137. The van der Waals surface area contributed by atoms with Crippen molar-refractivity contribution in [2.24, 2.45) is 11.8 Å². The maximum Gasteiger partial charge on any atom is 0.407 e. The lowest BCUT2D eigenvalue weighted by Crippen LogP contribution is -2.36. The minimum atomic E-state index is -0.745. The number of carbonyl (C=O) groups excluding carboxylic acids is 2. The van der Waals surface area contributed by atoms with Crippen LogP contribution in [0.3, 0.4) is 0 Å². The van der Waals surface area contributed by atoms with Gasteiger partial charge in [0.05, 0.1) is 0 Å². The first-order chi connectivity index (χ1) is 20.5. The SMILES string of the molecule is C(CC1CCNCC1)CC1CCNCC1.CC(C)(C)OC(=O)NCCCNC(=O)OC(C)(C)C.CCC(=O)O.CCC(=O)O. The Labute approximate surface area is 266 Å². The predicted molar refractivity (Wildman–Crippen MR) is 174 cm³/mol. The van der Waals surface area contributed by atoms with E-state index < -0.39 is 35.3 Å². The highest BCUT2D eigenvalue weighted by Gasteiger charge is 2.17. The number of alkyl carbamates (subject to hydrolysis) is 2. The Balaban J connectivity index is 0. The number of nitrogens with one attached hydrogen (secondary N) is 4. The Morgan fingerprint density at radius 2 is 0.932 bits per heavy atom. The number of piperidine rings is 2. The molecule has 0 aromatic heterocycles. The van der Waals surface area contributed by atoms with Gasteiger partial charge >= 0.3 is 24.1 Å². The third-order valence-corrected chi connectivity index (χ3v) is 6.44. The fourth-order valence-electron chi connectivity index (χ4n) is 4.13. The lowest BCUT2D eigenvalue weighted by atomic mass is 9.87. The largest absolute Gasteiger partial charge is 0.481 e. The van der Waals surface area contributed by atoms with Gasteiger partial charge in [0.1, 0.15) is 11.2 Å². The average Bonchev–Trinajstić information content (AvgIpc) is 2.93. The number of ether oxygens (including phenoxy) is 2. The minimum Gasteiger partial charge on any atom is -0.481 e. The molecular formula is C32H64N4O8. The Morgan fingerprint density at radius 3 is 1.18 bits per heavy atom. The van der Waals surface area contributed by atoms with E-state index in [2.05, 4.69) is 21.3 Å². The molecule has 6 N–H and O–H groups in total. The molecule has 2 rings (SSSR count). The smallest absolute Gasteiger partial charge is 0.407 e. The number of hydrogen-bond acceptors (Lipinski definition) is 8. The summed E-state index contributed by atoms with van der Waals surface area (Å²) < 4.78 is 10.1. The predicted octanol–water partition coefficient (Wildman–Crippen LogP) is 5.54. The van der Waals surface area contributed by atoms with Crippen LogP contribution in [0.4, 0.5) is 9.59 Å². The molecular weight excluding hydrogens is 568 g/mol. The van der Waals surface area contributed by atoms with Crippen molar-refractivity contribution >= 4 is 24.1 Å². The van der Waals surface area contributed by atoms with E-state index in [9.17, 15) is 19.2 Å². The quantitative estimate of drug-likeness (QED) is 0.168. The van der Waals surface area contributed by atoms with Crippen LogP contribution in [-0.4, -0.2) is 84.8 Å². The molecule has 2 amide bonds. The lowest BCUT2D eigenvalue weighted by Gasteiger charge is -2.25. The second-order valence-electron chi connectivity index (χ2n) is 13.0. The number of hydrogen-bond donors (Lipinski definition) is 6. The van der Waals surface area contributed by atoms with E-state index >= 15 is 0 Å². The van der Waals surface area contributed by atoms with Gasteiger partial charge in [-0.15, -0.1) is 0 Å². The molecule has 0 unspecified atom stereocenters. The molecule has 0 bridgehead atoms. The number of carboxylic acids is 2. The summed E-state index contributed by atoms with van der Waals surface area (Å²) in [5.74, 6) is 0.580. The van der Waals surface area contributed by atoms with Gasteiger partial charge in [-0.25, -0.2) is 9.59 Å². The Kier molecular flexibility index (Phi) is 25.4. The van der Waals surface area contributed by atoms with Gasteiger partial charge in [0.25, 0.3) is 0 Å². The first-order valence-electron chi connectivity index (χ1n) is 16.3. The molecule has 12 nitrogen and oxygen atoms in total. The summed E-state index contributed by atoms with van der Waals surface area (Å²) in [5.41, 5.74) is -1.00. The summed E-state index contributed by atoms with van der Waals surface area (Å²) in [5, 5.41) is 27.6. The molecule has 0 atom stereocenters. The summed E-state index contributed by atoms with van der Waals surface area (Å²) in [7, 11) is 0. The molecule has 2 aliphatic rings. The van der Waals surface area contributed by atoms with Crippen LogP contribution < -0.4 is 21.3 Å². The van der Waals surface area contributed by atoms with Gasteiger partial charge in [-0.1, -0.05) is 33.1 Å². The van der Waals surface area contributed by atoms with E-state index in [0.29, 0.717) is 19.5 Å². The highest BCUT2D eigenvalue weighted by molar-refractivity contribution is 5.68. The van der Waals surface area contributed by atoms with Gasteiger partial charge in [0.2, 0.25) is 0 Å². The van der Waals surface area contributed by atoms with Gasteiger partial charge in [0.15, 0.2) is 0 Å². The monoisotopic (exact) mass is 632 g/mol. The van der Waals surface area contributed by atoms with E-state index in [1.54, 1.807) is 55.4 Å². The zero-order valence-corrected chi connectivity index (χ0v) is 28.8. The van der Waals surface area contributed by atoms with Crippen molar-refractivity contribution in [2.45, 2.75) is 131 Å². The van der Waals surface area contributed by atoms with Crippen LogP contribution in [0.1, 0.15) is 120 Å². The van der Waals surface area contributed by atoms with Crippen molar-refractivity contribution in [3.63, 3.8) is 0 Å². The van der Waals surface area contributed by atoms with Crippen molar-refractivity contribution in [3.8, 4) is 0 Å². The number of carbonyl (C=O) groups is 4. The molecule has 2 aliphatic heterocycles. The van der Waals surface area contributed by atoms with Crippen LogP contribution >= 0.6 is 0 Å². The molecule has 12 heteroatoms. The Morgan fingerprint density at radius 1 is 0.636 bits per heavy atom. The molecule has 44 heavy (non-hydrogen) atoms. The zero-order valence-electron chi connectivity index (χ0n) is 28.8. The van der Waals surface area contributed by atoms with Gasteiger partial charge in [0, 0.05) is 25.9 Å². The highest BCUT2D eigenvalue weighted by Crippen LogP contribution is 2.23. The van der Waals surface area contributed by atoms with Gasteiger partial charge < -0.3 is 41.0 Å². The van der Waals surface area contributed by atoms with Crippen LogP contribution in [0, 0.1) is 11.8 Å². The van der Waals surface area contributed by atoms with Crippen LogP contribution in [0.2, 0.25) is 0 Å². The van der Waals surface area contributed by atoms with Crippen LogP contribution in [-0.2, 0) is 19.1 Å². The van der Waals surface area contributed by atoms with Crippen LogP contribution in [0.15, 0.2) is 0 Å². The molecule has 2 fully saturated rings. The van der Waals surface area contributed by atoms with Gasteiger partial charge in [-0.2, -0.15) is 0 Å². The molecule has 2 saturated heterocycles.